The van der Waals surface area contributed by atoms with E-state index in [1.165, 1.54) is 0 Å². The van der Waals surface area contributed by atoms with E-state index < -0.39 is 12.0 Å². The summed E-state index contributed by atoms with van der Waals surface area (Å²) in [5.74, 6) is -0.797. The summed E-state index contributed by atoms with van der Waals surface area (Å²) in [7, 11) is 0. The van der Waals surface area contributed by atoms with Crippen LogP contribution in [0.4, 0.5) is 0 Å². The number of carboxylic acids is 1. The van der Waals surface area contributed by atoms with Gasteiger partial charge in [0, 0.05) is 5.75 Å². The van der Waals surface area contributed by atoms with Crippen molar-refractivity contribution >= 4 is 30.4 Å². The van der Waals surface area contributed by atoms with Gasteiger partial charge in [0.15, 0.2) is 0 Å². The quantitative estimate of drug-likeness (QED) is 0.401. The van der Waals surface area contributed by atoms with Crippen molar-refractivity contribution in [2.45, 2.75) is 6.04 Å². The Hall–Kier alpha value is 0.0700. The molecule has 48 valence electrons. The summed E-state index contributed by atoms with van der Waals surface area (Å²) >= 11 is 8.69. The maximum atomic E-state index is 9.97. The van der Waals surface area contributed by atoms with Gasteiger partial charge in [-0.25, -0.2) is 4.84 Å². The van der Waals surface area contributed by atoms with Crippen LogP contribution in [0.2, 0.25) is 0 Å². The van der Waals surface area contributed by atoms with E-state index in [0.29, 0.717) is 0 Å². The Morgan fingerprint density at radius 3 is 2.50 bits per heavy atom. The zero-order valence-electron chi connectivity index (χ0n) is 3.97. The SMILES string of the molecule is O=C(O)[C@H](CS)NCl. The van der Waals surface area contributed by atoms with Crippen molar-refractivity contribution in [3.8, 4) is 0 Å². The topological polar surface area (TPSA) is 49.3 Å². The smallest absolute Gasteiger partial charge is 0.322 e. The lowest BCUT2D eigenvalue weighted by Crippen LogP contribution is -2.31. The third kappa shape index (κ3) is 2.40. The zero-order valence-corrected chi connectivity index (χ0v) is 5.62. The highest BCUT2D eigenvalue weighted by atomic mass is 35.5. The van der Waals surface area contributed by atoms with E-state index in [-0.39, 0.29) is 5.75 Å². The van der Waals surface area contributed by atoms with Crippen LogP contribution in [0.1, 0.15) is 0 Å². The van der Waals surface area contributed by atoms with E-state index >= 15 is 0 Å². The molecule has 0 aliphatic heterocycles. The molecule has 0 aromatic carbocycles. The fraction of sp³-hybridized carbons (Fsp3) is 0.667. The fourth-order valence-electron chi connectivity index (χ4n) is 0.159. The number of carbonyl (C=O) groups is 1. The molecule has 1 atom stereocenters. The fourth-order valence-corrected chi connectivity index (χ4v) is 0.685. The lowest BCUT2D eigenvalue weighted by atomic mass is 10.4. The van der Waals surface area contributed by atoms with E-state index in [2.05, 4.69) is 12.6 Å². The Balaban J connectivity index is 3.52. The average molecular weight is 156 g/mol. The molecule has 0 aliphatic rings. The van der Waals surface area contributed by atoms with Gasteiger partial charge in [-0.15, -0.1) is 0 Å². The first-order valence-corrected chi connectivity index (χ1v) is 2.93. The van der Waals surface area contributed by atoms with Crippen molar-refractivity contribution in [1.82, 2.24) is 4.84 Å². The van der Waals surface area contributed by atoms with Crippen LogP contribution in [-0.4, -0.2) is 22.9 Å². The maximum absolute atomic E-state index is 9.97. The number of hydrogen-bond acceptors (Lipinski definition) is 3. The minimum Gasteiger partial charge on any atom is -0.480 e. The van der Waals surface area contributed by atoms with Gasteiger partial charge in [-0.2, -0.15) is 12.6 Å². The summed E-state index contributed by atoms with van der Waals surface area (Å²) in [5, 5.41) is 8.18. The number of halogens is 1. The maximum Gasteiger partial charge on any atom is 0.322 e. The highest BCUT2D eigenvalue weighted by Gasteiger charge is 2.11. The van der Waals surface area contributed by atoms with Gasteiger partial charge in [0.05, 0.1) is 0 Å². The van der Waals surface area contributed by atoms with Crippen molar-refractivity contribution in [2.75, 3.05) is 5.75 Å². The van der Waals surface area contributed by atoms with Gasteiger partial charge in [-0.05, 0) is 11.8 Å². The van der Waals surface area contributed by atoms with Crippen LogP contribution in [-0.2, 0) is 4.79 Å². The van der Waals surface area contributed by atoms with E-state index in [1.54, 1.807) is 0 Å². The van der Waals surface area contributed by atoms with E-state index in [4.69, 9.17) is 16.9 Å². The molecule has 2 N–H and O–H groups in total. The number of aliphatic carboxylic acids is 1. The van der Waals surface area contributed by atoms with Crippen molar-refractivity contribution in [1.29, 1.82) is 0 Å². The second-order valence-electron chi connectivity index (χ2n) is 1.18. The van der Waals surface area contributed by atoms with Crippen LogP contribution in [0, 0.1) is 0 Å². The Morgan fingerprint density at radius 2 is 2.50 bits per heavy atom. The molecule has 0 fully saturated rings. The number of rotatable bonds is 3. The molecule has 0 aromatic rings. The minimum absolute atomic E-state index is 0.193. The predicted molar refractivity (Wildman–Crippen MR) is 34.3 cm³/mol. The van der Waals surface area contributed by atoms with E-state index in [0.717, 1.165) is 0 Å². The molecule has 0 aliphatic carbocycles. The molecular formula is C3H6ClNO2S. The lowest BCUT2D eigenvalue weighted by molar-refractivity contribution is -0.138. The molecule has 0 unspecified atom stereocenters. The van der Waals surface area contributed by atoms with Gasteiger partial charge in [0.25, 0.3) is 0 Å². The summed E-state index contributed by atoms with van der Waals surface area (Å²) in [4.78, 5) is 12.0. The molecule has 0 radical (unpaired) electrons. The van der Waals surface area contributed by atoms with Crippen LogP contribution >= 0.6 is 24.4 Å². The second-order valence-corrected chi connectivity index (χ2v) is 1.77. The van der Waals surface area contributed by atoms with Crippen molar-refractivity contribution < 1.29 is 9.90 Å². The highest BCUT2D eigenvalue weighted by Crippen LogP contribution is 1.87. The van der Waals surface area contributed by atoms with Crippen LogP contribution in [0.5, 0.6) is 0 Å². The van der Waals surface area contributed by atoms with Crippen molar-refractivity contribution in [3.05, 3.63) is 0 Å². The number of nitrogens with one attached hydrogen (secondary N) is 1. The molecule has 0 amide bonds. The predicted octanol–water partition coefficient (Wildman–Crippen LogP) is 0.113. The minimum atomic E-state index is -0.991. The average Bonchev–Trinajstić information content (AvgIpc) is 1.69. The van der Waals surface area contributed by atoms with Crippen molar-refractivity contribution in [2.24, 2.45) is 0 Å². The van der Waals surface area contributed by atoms with Crippen LogP contribution < -0.4 is 4.84 Å². The molecule has 0 saturated heterocycles. The van der Waals surface area contributed by atoms with Gasteiger partial charge in [0.1, 0.15) is 6.04 Å². The summed E-state index contributed by atoms with van der Waals surface area (Å²) in [6.45, 7) is 0. The molecule has 0 rings (SSSR count). The van der Waals surface area contributed by atoms with Gasteiger partial charge in [-0.3, -0.25) is 4.79 Å². The zero-order chi connectivity index (χ0) is 6.57. The number of carboxylic acid groups (broad SMARTS) is 1. The van der Waals surface area contributed by atoms with Crippen LogP contribution in [0.3, 0.4) is 0 Å². The van der Waals surface area contributed by atoms with Crippen LogP contribution in [0.15, 0.2) is 0 Å². The molecule has 0 aromatic heterocycles. The molecule has 0 saturated carbocycles. The normalized spacial score (nSPS) is 13.2. The molecular weight excluding hydrogens is 150 g/mol. The van der Waals surface area contributed by atoms with Crippen molar-refractivity contribution in [3.63, 3.8) is 0 Å². The second kappa shape index (κ2) is 4.00. The monoisotopic (exact) mass is 155 g/mol. The standard InChI is InChI=1S/C3H6ClNO2S/c4-5-2(1-8)3(6)7/h2,5,8H,1H2,(H,6,7)/t2-/m0/s1. The largest absolute Gasteiger partial charge is 0.480 e. The first kappa shape index (κ1) is 8.07. The molecule has 5 heteroatoms. The van der Waals surface area contributed by atoms with Gasteiger partial charge in [0.2, 0.25) is 0 Å². The first-order valence-electron chi connectivity index (χ1n) is 1.92. The lowest BCUT2D eigenvalue weighted by Gasteiger charge is -2.02. The number of thiol groups is 1. The van der Waals surface area contributed by atoms with Gasteiger partial charge >= 0.3 is 5.97 Å². The Kier molecular flexibility index (Phi) is 4.03. The highest BCUT2D eigenvalue weighted by molar-refractivity contribution is 7.80. The van der Waals surface area contributed by atoms with E-state index in [9.17, 15) is 4.79 Å². The third-order valence-corrected chi connectivity index (χ3v) is 1.24. The number of hydrogen-bond donors (Lipinski definition) is 3. The summed E-state index contributed by atoms with van der Waals surface area (Å²) < 4.78 is 0. The van der Waals surface area contributed by atoms with E-state index in [1.807, 2.05) is 4.84 Å². The van der Waals surface area contributed by atoms with Gasteiger partial charge < -0.3 is 5.11 Å². The summed E-state index contributed by atoms with van der Waals surface area (Å²) in [6.07, 6.45) is 0. The summed E-state index contributed by atoms with van der Waals surface area (Å²) in [5.41, 5.74) is 0. The Bertz CT molecular complexity index is 85.4. The summed E-state index contributed by atoms with van der Waals surface area (Å²) in [6, 6.07) is -0.750. The van der Waals surface area contributed by atoms with Gasteiger partial charge in [-0.1, -0.05) is 0 Å². The Morgan fingerprint density at radius 1 is 2.00 bits per heavy atom. The molecule has 0 spiro atoms. The van der Waals surface area contributed by atoms with Crippen LogP contribution in [0.25, 0.3) is 0 Å². The Labute approximate surface area is 57.5 Å². The molecule has 8 heavy (non-hydrogen) atoms. The first-order chi connectivity index (χ1) is 3.72. The molecule has 3 nitrogen and oxygen atoms in total. The third-order valence-electron chi connectivity index (χ3n) is 0.612. The molecule has 0 heterocycles. The molecule has 0 bridgehead atoms.